The number of nitrogens with one attached hydrogen (secondary N) is 1. The zero-order valence-corrected chi connectivity index (χ0v) is 17.8. The number of esters is 1. The lowest BCUT2D eigenvalue weighted by molar-refractivity contribution is -0.143. The van der Waals surface area contributed by atoms with Crippen LogP contribution in [0.1, 0.15) is 28.8 Å². The van der Waals surface area contributed by atoms with Gasteiger partial charge in [-0.15, -0.1) is 0 Å². The molecular formula is C26H25NO5. The molecule has 0 aliphatic rings. The summed E-state index contributed by atoms with van der Waals surface area (Å²) >= 11 is 0. The topological polar surface area (TPSA) is 81.7 Å². The first-order valence-corrected chi connectivity index (χ1v) is 10.3. The summed E-state index contributed by atoms with van der Waals surface area (Å²) in [6.45, 7) is 0.0355. The van der Waals surface area contributed by atoms with Crippen molar-refractivity contribution in [3.05, 3.63) is 96.1 Å². The van der Waals surface area contributed by atoms with E-state index in [9.17, 15) is 14.4 Å². The van der Waals surface area contributed by atoms with Crippen LogP contribution in [0.2, 0.25) is 0 Å². The molecule has 3 aromatic rings. The third-order valence-corrected chi connectivity index (χ3v) is 4.99. The fourth-order valence-electron chi connectivity index (χ4n) is 3.31. The SMILES string of the molecule is COC(=O)C(CCC(=O)c1ccccc1)NC(=O)OCc1ccccc1-c1ccccc1. The molecule has 0 radical (unpaired) electrons. The summed E-state index contributed by atoms with van der Waals surface area (Å²) in [6, 6.07) is 25.2. The van der Waals surface area contributed by atoms with Crippen molar-refractivity contribution < 1.29 is 23.9 Å². The van der Waals surface area contributed by atoms with E-state index in [1.807, 2.05) is 60.7 Å². The van der Waals surface area contributed by atoms with Gasteiger partial charge in [0.1, 0.15) is 12.6 Å². The Kier molecular flexibility index (Phi) is 8.15. The molecule has 0 heterocycles. The second-order valence-electron chi connectivity index (χ2n) is 7.15. The molecule has 32 heavy (non-hydrogen) atoms. The van der Waals surface area contributed by atoms with Crippen LogP contribution < -0.4 is 5.32 Å². The molecule has 0 bridgehead atoms. The number of amides is 1. The molecule has 0 spiro atoms. The predicted molar refractivity (Wildman–Crippen MR) is 121 cm³/mol. The van der Waals surface area contributed by atoms with Crippen LogP contribution >= 0.6 is 0 Å². The number of rotatable bonds is 9. The van der Waals surface area contributed by atoms with Crippen LogP contribution in [0.25, 0.3) is 11.1 Å². The number of hydrogen-bond donors (Lipinski definition) is 1. The first kappa shape index (κ1) is 22.7. The number of Topliss-reactive ketones (excluding diaryl/α,β-unsaturated/α-hetero) is 1. The van der Waals surface area contributed by atoms with Crippen LogP contribution in [0, 0.1) is 0 Å². The maximum atomic E-state index is 12.4. The average Bonchev–Trinajstić information content (AvgIpc) is 2.85. The summed E-state index contributed by atoms with van der Waals surface area (Å²) in [5, 5.41) is 2.52. The zero-order chi connectivity index (χ0) is 22.8. The Bertz CT molecular complexity index is 1050. The van der Waals surface area contributed by atoms with Crippen LogP contribution in [0.4, 0.5) is 4.79 Å². The number of carbonyl (C=O) groups excluding carboxylic acids is 3. The van der Waals surface area contributed by atoms with Crippen LogP contribution in [0.15, 0.2) is 84.9 Å². The van der Waals surface area contributed by atoms with Crippen molar-refractivity contribution in [1.82, 2.24) is 5.32 Å². The third-order valence-electron chi connectivity index (χ3n) is 4.99. The monoisotopic (exact) mass is 431 g/mol. The van der Waals surface area contributed by atoms with Gasteiger partial charge in [0.15, 0.2) is 5.78 Å². The molecule has 0 saturated heterocycles. The lowest BCUT2D eigenvalue weighted by Gasteiger charge is -2.17. The Morgan fingerprint density at radius 2 is 1.47 bits per heavy atom. The van der Waals surface area contributed by atoms with E-state index in [0.717, 1.165) is 16.7 Å². The van der Waals surface area contributed by atoms with Crippen molar-refractivity contribution in [3.8, 4) is 11.1 Å². The minimum absolute atomic E-state index is 0.0355. The standard InChI is InChI=1S/C26H25NO5/c1-31-25(29)23(16-17-24(28)20-12-6-3-7-13-20)27-26(30)32-18-21-14-8-9-15-22(21)19-10-4-2-5-11-19/h2-15,23H,16-18H2,1H3,(H,27,30). The molecule has 1 N–H and O–H groups in total. The van der Waals surface area contributed by atoms with Crippen molar-refractivity contribution in [2.24, 2.45) is 0 Å². The summed E-state index contributed by atoms with van der Waals surface area (Å²) in [7, 11) is 1.23. The Hall–Kier alpha value is -3.93. The molecule has 3 rings (SSSR count). The molecular weight excluding hydrogens is 406 g/mol. The van der Waals surface area contributed by atoms with E-state index >= 15 is 0 Å². The van der Waals surface area contributed by atoms with Gasteiger partial charge in [0.25, 0.3) is 0 Å². The Balaban J connectivity index is 1.59. The molecule has 6 heteroatoms. The molecule has 1 amide bonds. The van der Waals surface area contributed by atoms with E-state index in [4.69, 9.17) is 9.47 Å². The van der Waals surface area contributed by atoms with Gasteiger partial charge < -0.3 is 14.8 Å². The molecule has 0 fully saturated rings. The highest BCUT2D eigenvalue weighted by molar-refractivity contribution is 5.96. The largest absolute Gasteiger partial charge is 0.467 e. The van der Waals surface area contributed by atoms with Gasteiger partial charge in [0.2, 0.25) is 0 Å². The minimum Gasteiger partial charge on any atom is -0.467 e. The summed E-state index contributed by atoms with van der Waals surface area (Å²) in [6.07, 6.45) is -0.563. The van der Waals surface area contributed by atoms with Gasteiger partial charge >= 0.3 is 12.1 Å². The van der Waals surface area contributed by atoms with Gasteiger partial charge in [-0.1, -0.05) is 84.9 Å². The van der Waals surface area contributed by atoms with Gasteiger partial charge in [-0.2, -0.15) is 0 Å². The molecule has 3 aromatic carbocycles. The second-order valence-corrected chi connectivity index (χ2v) is 7.15. The van der Waals surface area contributed by atoms with E-state index in [0.29, 0.717) is 5.56 Å². The van der Waals surface area contributed by atoms with E-state index < -0.39 is 18.1 Å². The first-order chi connectivity index (χ1) is 15.6. The van der Waals surface area contributed by atoms with Crippen LogP contribution in [0.3, 0.4) is 0 Å². The Morgan fingerprint density at radius 1 is 0.844 bits per heavy atom. The minimum atomic E-state index is -0.982. The van der Waals surface area contributed by atoms with Gasteiger partial charge in [-0.05, 0) is 23.1 Å². The lowest BCUT2D eigenvalue weighted by Crippen LogP contribution is -2.42. The Labute approximate surface area is 187 Å². The van der Waals surface area contributed by atoms with Gasteiger partial charge in [0, 0.05) is 12.0 Å². The van der Waals surface area contributed by atoms with Gasteiger partial charge in [-0.25, -0.2) is 9.59 Å². The number of alkyl carbamates (subject to hydrolysis) is 1. The van der Waals surface area contributed by atoms with E-state index in [1.54, 1.807) is 24.3 Å². The Morgan fingerprint density at radius 3 is 2.16 bits per heavy atom. The zero-order valence-electron chi connectivity index (χ0n) is 17.8. The predicted octanol–water partition coefficient (Wildman–Crippen LogP) is 4.78. The van der Waals surface area contributed by atoms with Crippen molar-refractivity contribution in [3.63, 3.8) is 0 Å². The lowest BCUT2D eigenvalue weighted by atomic mass is 10.0. The maximum Gasteiger partial charge on any atom is 0.408 e. The summed E-state index contributed by atoms with van der Waals surface area (Å²) < 4.78 is 10.1. The molecule has 1 atom stereocenters. The van der Waals surface area contributed by atoms with Crippen molar-refractivity contribution in [2.75, 3.05) is 7.11 Å². The molecule has 6 nitrogen and oxygen atoms in total. The third kappa shape index (κ3) is 6.28. The highest BCUT2D eigenvalue weighted by Gasteiger charge is 2.23. The summed E-state index contributed by atoms with van der Waals surface area (Å²) in [4.78, 5) is 36.8. The molecule has 1 unspecified atom stereocenters. The molecule has 0 aromatic heterocycles. The smallest absolute Gasteiger partial charge is 0.408 e. The second kappa shape index (κ2) is 11.5. The highest BCUT2D eigenvalue weighted by Crippen LogP contribution is 2.24. The van der Waals surface area contributed by atoms with E-state index in [-0.39, 0.29) is 25.2 Å². The number of carbonyl (C=O) groups is 3. The molecule has 0 aliphatic carbocycles. The van der Waals surface area contributed by atoms with Crippen LogP contribution in [0.5, 0.6) is 0 Å². The molecule has 0 aliphatic heterocycles. The van der Waals surface area contributed by atoms with Crippen LogP contribution in [-0.2, 0) is 20.9 Å². The average molecular weight is 431 g/mol. The fourth-order valence-corrected chi connectivity index (χ4v) is 3.31. The number of benzene rings is 3. The van der Waals surface area contributed by atoms with E-state index in [2.05, 4.69) is 5.32 Å². The molecule has 0 saturated carbocycles. The fraction of sp³-hybridized carbons (Fsp3) is 0.192. The summed E-state index contributed by atoms with van der Waals surface area (Å²) in [5.41, 5.74) is 3.36. The van der Waals surface area contributed by atoms with E-state index in [1.165, 1.54) is 7.11 Å². The number of ketones is 1. The first-order valence-electron chi connectivity index (χ1n) is 10.3. The number of hydrogen-bond acceptors (Lipinski definition) is 5. The van der Waals surface area contributed by atoms with Crippen molar-refractivity contribution in [1.29, 1.82) is 0 Å². The quantitative estimate of drug-likeness (QED) is 0.389. The maximum absolute atomic E-state index is 12.4. The summed E-state index contributed by atoms with van der Waals surface area (Å²) in [5.74, 6) is -0.751. The number of methoxy groups -OCH3 is 1. The van der Waals surface area contributed by atoms with Crippen molar-refractivity contribution in [2.45, 2.75) is 25.5 Å². The highest BCUT2D eigenvalue weighted by atomic mass is 16.6. The number of ether oxygens (including phenoxy) is 2. The van der Waals surface area contributed by atoms with Crippen molar-refractivity contribution >= 4 is 17.8 Å². The van der Waals surface area contributed by atoms with Gasteiger partial charge in [-0.3, -0.25) is 4.79 Å². The van der Waals surface area contributed by atoms with Crippen LogP contribution in [-0.4, -0.2) is 31.0 Å². The van der Waals surface area contributed by atoms with Gasteiger partial charge in [0.05, 0.1) is 7.11 Å². The normalized spacial score (nSPS) is 11.3. The molecule has 164 valence electrons.